The first-order valence-corrected chi connectivity index (χ1v) is 6.40. The van der Waals surface area contributed by atoms with Crippen molar-refractivity contribution >= 4 is 24.2 Å². The zero-order valence-corrected chi connectivity index (χ0v) is 12.8. The molecule has 1 N–H and O–H groups in total. The number of benzene rings is 1. The highest BCUT2D eigenvalue weighted by atomic mass is 35.5. The Bertz CT molecular complexity index is 633. The lowest BCUT2D eigenvalue weighted by Gasteiger charge is -2.38. The van der Waals surface area contributed by atoms with Crippen LogP contribution in [0.15, 0.2) is 12.1 Å². The first-order chi connectivity index (χ1) is 9.88. The fraction of sp³-hybridized carbons (Fsp3) is 0.462. The van der Waals surface area contributed by atoms with Gasteiger partial charge in [-0.15, -0.1) is 12.4 Å². The lowest BCUT2D eigenvalue weighted by Crippen LogP contribution is -2.47. The molecule has 3 rings (SSSR count). The van der Waals surface area contributed by atoms with Crippen LogP contribution in [0.4, 0.5) is 10.5 Å². The molecule has 8 nitrogen and oxygen atoms in total. The quantitative estimate of drug-likeness (QED) is 0.660. The fourth-order valence-corrected chi connectivity index (χ4v) is 2.52. The first kappa shape index (κ1) is 16.2. The lowest BCUT2D eigenvalue weighted by atomic mass is 9.79. The number of alkyl carbamates (subject to hydrolysis) is 1. The largest absolute Gasteiger partial charge is 0.454 e. The highest BCUT2D eigenvalue weighted by molar-refractivity contribution is 5.85. The zero-order valence-electron chi connectivity index (χ0n) is 12.0. The van der Waals surface area contributed by atoms with Gasteiger partial charge in [-0.25, -0.2) is 4.79 Å². The van der Waals surface area contributed by atoms with Crippen molar-refractivity contribution in [3.63, 3.8) is 0 Å². The molecular formula is C13H15ClN2O6. The number of rotatable bonds is 2. The van der Waals surface area contributed by atoms with Crippen LogP contribution in [0.5, 0.6) is 11.5 Å². The molecule has 120 valence electrons. The van der Waals surface area contributed by atoms with Crippen molar-refractivity contribution in [3.8, 4) is 11.5 Å². The maximum absolute atomic E-state index is 11.5. The number of hydrogen-bond acceptors (Lipinski definition) is 6. The number of halogens is 1. The Morgan fingerprint density at radius 2 is 1.91 bits per heavy atom. The van der Waals surface area contributed by atoms with Gasteiger partial charge >= 0.3 is 6.09 Å². The molecule has 0 aromatic heterocycles. The van der Waals surface area contributed by atoms with Crippen LogP contribution in [0.25, 0.3) is 0 Å². The standard InChI is InChI=1S/C13H14N2O6.ClH/c1-13(2)5-19-12(16)14-11(13)7-3-9-10(21-6-20-9)4-8(7)15(17)18;/h3-4,11H,5-6H2,1-2H3,(H,14,16);1H/t11-;/m1./s1. The Balaban J connectivity index is 0.00000176. The van der Waals surface area contributed by atoms with Gasteiger partial charge < -0.3 is 19.5 Å². The van der Waals surface area contributed by atoms with Crippen LogP contribution in [-0.2, 0) is 4.74 Å². The molecule has 0 aliphatic carbocycles. The molecule has 2 aliphatic rings. The second-order valence-electron chi connectivity index (χ2n) is 5.66. The SMILES string of the molecule is CC1(C)COC(=O)N[C@@H]1c1cc2c(cc1[N+](=O)[O-])OCO2.Cl. The predicted molar refractivity (Wildman–Crippen MR) is 77.5 cm³/mol. The number of fused-ring (bicyclic) bond motifs is 1. The van der Waals surface area contributed by atoms with Crippen molar-refractivity contribution in [3.05, 3.63) is 27.8 Å². The third-order valence-electron chi connectivity index (χ3n) is 3.65. The molecule has 0 radical (unpaired) electrons. The molecule has 2 aliphatic heterocycles. The Morgan fingerprint density at radius 3 is 2.55 bits per heavy atom. The Hall–Kier alpha value is -2.22. The van der Waals surface area contributed by atoms with Crippen molar-refractivity contribution in [1.29, 1.82) is 0 Å². The van der Waals surface area contributed by atoms with Gasteiger partial charge in [0.1, 0.15) is 6.61 Å². The molecule has 1 amide bonds. The molecule has 2 heterocycles. The van der Waals surface area contributed by atoms with Gasteiger partial charge in [-0.2, -0.15) is 0 Å². The number of amides is 1. The number of nitro groups is 1. The maximum Gasteiger partial charge on any atom is 0.407 e. The van der Waals surface area contributed by atoms with E-state index in [1.807, 2.05) is 13.8 Å². The van der Waals surface area contributed by atoms with Crippen molar-refractivity contribution in [1.82, 2.24) is 5.32 Å². The molecule has 1 aromatic rings. The molecule has 0 bridgehead atoms. The van der Waals surface area contributed by atoms with E-state index in [0.29, 0.717) is 17.1 Å². The summed E-state index contributed by atoms with van der Waals surface area (Å²) in [7, 11) is 0. The summed E-state index contributed by atoms with van der Waals surface area (Å²) in [6.45, 7) is 3.94. The van der Waals surface area contributed by atoms with Gasteiger partial charge in [0.15, 0.2) is 11.5 Å². The summed E-state index contributed by atoms with van der Waals surface area (Å²) >= 11 is 0. The van der Waals surface area contributed by atoms with Crippen LogP contribution in [-0.4, -0.2) is 24.4 Å². The van der Waals surface area contributed by atoms with Gasteiger partial charge in [-0.05, 0) is 6.07 Å². The molecule has 0 unspecified atom stereocenters. The van der Waals surface area contributed by atoms with Crippen LogP contribution < -0.4 is 14.8 Å². The van der Waals surface area contributed by atoms with E-state index in [-0.39, 0.29) is 31.5 Å². The van der Waals surface area contributed by atoms with Crippen LogP contribution in [0, 0.1) is 15.5 Å². The summed E-state index contributed by atoms with van der Waals surface area (Å²) < 4.78 is 15.4. The molecule has 1 fully saturated rings. The van der Waals surface area contributed by atoms with Crippen LogP contribution >= 0.6 is 12.4 Å². The van der Waals surface area contributed by atoms with Crippen molar-refractivity contribution in [2.45, 2.75) is 19.9 Å². The average molecular weight is 331 g/mol. The Morgan fingerprint density at radius 1 is 1.27 bits per heavy atom. The van der Waals surface area contributed by atoms with Crippen LogP contribution in [0.3, 0.4) is 0 Å². The third-order valence-corrected chi connectivity index (χ3v) is 3.65. The number of carbonyl (C=O) groups excluding carboxylic acids is 1. The smallest absolute Gasteiger partial charge is 0.407 e. The molecule has 0 saturated carbocycles. The summed E-state index contributed by atoms with van der Waals surface area (Å²) in [6, 6.07) is 2.34. The average Bonchev–Trinajstić information content (AvgIpc) is 2.87. The Kier molecular flexibility index (Phi) is 4.06. The predicted octanol–water partition coefficient (Wildman–Crippen LogP) is 2.55. The van der Waals surface area contributed by atoms with E-state index in [9.17, 15) is 14.9 Å². The number of carbonyl (C=O) groups is 1. The van der Waals surface area contributed by atoms with Crippen LogP contribution in [0.2, 0.25) is 0 Å². The van der Waals surface area contributed by atoms with Gasteiger partial charge in [-0.1, -0.05) is 13.8 Å². The van der Waals surface area contributed by atoms with E-state index >= 15 is 0 Å². The van der Waals surface area contributed by atoms with Gasteiger partial charge in [0.05, 0.1) is 22.6 Å². The molecular weight excluding hydrogens is 316 g/mol. The monoisotopic (exact) mass is 330 g/mol. The molecule has 0 spiro atoms. The minimum Gasteiger partial charge on any atom is -0.454 e. The normalized spacial score (nSPS) is 21.4. The number of nitro benzene ring substituents is 1. The van der Waals surface area contributed by atoms with Crippen molar-refractivity contribution in [2.75, 3.05) is 13.4 Å². The van der Waals surface area contributed by atoms with Crippen molar-refractivity contribution < 1.29 is 23.9 Å². The van der Waals surface area contributed by atoms with E-state index in [0.717, 1.165) is 0 Å². The van der Waals surface area contributed by atoms with E-state index in [4.69, 9.17) is 14.2 Å². The second kappa shape index (κ2) is 5.53. The maximum atomic E-state index is 11.5. The summed E-state index contributed by atoms with van der Waals surface area (Å²) in [6.07, 6.45) is -0.591. The summed E-state index contributed by atoms with van der Waals surface area (Å²) in [5.41, 5.74) is -0.225. The highest BCUT2D eigenvalue weighted by Gasteiger charge is 2.42. The lowest BCUT2D eigenvalue weighted by molar-refractivity contribution is -0.386. The minimum atomic E-state index is -0.591. The van der Waals surface area contributed by atoms with Gasteiger partial charge in [0.2, 0.25) is 6.79 Å². The summed E-state index contributed by atoms with van der Waals surface area (Å²) in [4.78, 5) is 22.3. The minimum absolute atomic E-state index is 0. The number of hydrogen-bond donors (Lipinski definition) is 1. The molecule has 1 atom stereocenters. The summed E-state index contributed by atoms with van der Waals surface area (Å²) in [5.74, 6) is 0.772. The molecule has 9 heteroatoms. The van der Waals surface area contributed by atoms with Gasteiger partial charge in [0, 0.05) is 5.41 Å². The zero-order chi connectivity index (χ0) is 15.2. The number of nitrogens with one attached hydrogen (secondary N) is 1. The van der Waals surface area contributed by atoms with Crippen LogP contribution in [0.1, 0.15) is 25.5 Å². The Labute approximate surface area is 132 Å². The molecule has 1 saturated heterocycles. The van der Waals surface area contributed by atoms with Gasteiger partial charge in [-0.3, -0.25) is 10.1 Å². The second-order valence-corrected chi connectivity index (χ2v) is 5.66. The van der Waals surface area contributed by atoms with E-state index in [2.05, 4.69) is 5.32 Å². The molecule has 1 aromatic carbocycles. The third kappa shape index (κ3) is 2.61. The first-order valence-electron chi connectivity index (χ1n) is 6.40. The fourth-order valence-electron chi connectivity index (χ4n) is 2.52. The number of ether oxygens (including phenoxy) is 3. The molecule has 22 heavy (non-hydrogen) atoms. The number of nitrogens with zero attached hydrogens (tertiary/aromatic N) is 1. The van der Waals surface area contributed by atoms with E-state index < -0.39 is 22.5 Å². The van der Waals surface area contributed by atoms with Crippen molar-refractivity contribution in [2.24, 2.45) is 5.41 Å². The summed E-state index contributed by atoms with van der Waals surface area (Å²) in [5, 5.41) is 14.0. The van der Waals surface area contributed by atoms with E-state index in [1.54, 1.807) is 6.07 Å². The topological polar surface area (TPSA) is 99.9 Å². The van der Waals surface area contributed by atoms with Gasteiger partial charge in [0.25, 0.3) is 5.69 Å². The van der Waals surface area contributed by atoms with E-state index in [1.165, 1.54) is 6.07 Å². The number of cyclic esters (lactones) is 1. The highest BCUT2D eigenvalue weighted by Crippen LogP contribution is 2.45.